The average Bonchev–Trinajstić information content (AvgIpc) is 2.87. The van der Waals surface area contributed by atoms with Crippen LogP contribution in [0.2, 0.25) is 0 Å². The molecule has 0 saturated carbocycles. The van der Waals surface area contributed by atoms with E-state index >= 15 is 0 Å². The summed E-state index contributed by atoms with van der Waals surface area (Å²) in [6.07, 6.45) is 0. The second-order valence-electron chi connectivity index (χ2n) is 5.84. The number of hydrogen-bond donors (Lipinski definition) is 0. The van der Waals surface area contributed by atoms with Crippen molar-refractivity contribution in [3.8, 4) is 11.5 Å². The molecule has 3 heteroatoms. The third kappa shape index (κ3) is 1.54. The van der Waals surface area contributed by atoms with Crippen molar-refractivity contribution < 1.29 is 4.57 Å². The summed E-state index contributed by atoms with van der Waals surface area (Å²) in [5, 5.41) is 1.21. The summed E-state index contributed by atoms with van der Waals surface area (Å²) in [4.78, 5) is 4.82. The van der Waals surface area contributed by atoms with Gasteiger partial charge in [-0.1, -0.05) is 12.1 Å². The van der Waals surface area contributed by atoms with Gasteiger partial charge in [-0.25, -0.2) is 4.57 Å². The van der Waals surface area contributed by atoms with Crippen LogP contribution in [0.5, 0.6) is 0 Å². The molecule has 2 aromatic rings. The van der Waals surface area contributed by atoms with Crippen molar-refractivity contribution in [1.29, 1.82) is 0 Å². The van der Waals surface area contributed by atoms with Crippen LogP contribution >= 0.6 is 0 Å². The fourth-order valence-electron chi connectivity index (χ4n) is 3.18. The van der Waals surface area contributed by atoms with Crippen molar-refractivity contribution in [1.82, 2.24) is 9.55 Å². The molecule has 0 saturated heterocycles. The van der Waals surface area contributed by atoms with Crippen LogP contribution < -0.4 is 4.57 Å². The van der Waals surface area contributed by atoms with Gasteiger partial charge in [0, 0.05) is 7.05 Å². The number of benzene rings is 2. The lowest BCUT2D eigenvalue weighted by molar-refractivity contribution is -0.636. The Balaban J connectivity index is 2.31. The molecular weight excluding hydrogens is 258 g/mol. The lowest BCUT2D eigenvalue weighted by Crippen LogP contribution is -2.35. The zero-order chi connectivity index (χ0) is 14.7. The molecule has 2 aliphatic rings. The Morgan fingerprint density at radius 3 is 2.57 bits per heavy atom. The largest absolute Gasteiger partial charge is 0.348 e. The molecular formula is C18H18N3+. The predicted octanol–water partition coefficient (Wildman–Crippen LogP) is 3.27. The van der Waals surface area contributed by atoms with E-state index in [1.807, 2.05) is 6.07 Å². The smallest absolute Gasteiger partial charge is 0.334 e. The summed E-state index contributed by atoms with van der Waals surface area (Å²) in [5.41, 5.74) is 7.35. The van der Waals surface area contributed by atoms with Crippen LogP contribution in [0.25, 0.3) is 33.5 Å². The van der Waals surface area contributed by atoms with E-state index in [0.717, 1.165) is 11.3 Å². The van der Waals surface area contributed by atoms with Gasteiger partial charge in [-0.3, -0.25) is 0 Å². The molecule has 0 unspecified atom stereocenters. The molecule has 0 aromatic heterocycles. The second kappa shape index (κ2) is 4.04. The highest BCUT2D eigenvalue weighted by Gasteiger charge is 2.27. The van der Waals surface area contributed by atoms with E-state index < -0.39 is 0 Å². The van der Waals surface area contributed by atoms with Crippen molar-refractivity contribution >= 4 is 21.9 Å². The summed E-state index contributed by atoms with van der Waals surface area (Å²) >= 11 is 0. The molecule has 4 rings (SSSR count). The molecule has 0 aliphatic carbocycles. The van der Waals surface area contributed by atoms with Gasteiger partial charge in [-0.05, 0) is 54.2 Å². The lowest BCUT2D eigenvalue weighted by Gasteiger charge is -2.13. The normalized spacial score (nSPS) is 11.8. The highest BCUT2D eigenvalue weighted by molar-refractivity contribution is 5.95. The van der Waals surface area contributed by atoms with E-state index in [0.29, 0.717) is 0 Å². The van der Waals surface area contributed by atoms with Crippen LogP contribution in [0.15, 0.2) is 36.4 Å². The molecule has 0 bridgehead atoms. The van der Waals surface area contributed by atoms with Gasteiger partial charge in [0.05, 0.1) is 18.0 Å². The average molecular weight is 276 g/mol. The number of para-hydroxylation sites is 1. The number of nitrogens with zero attached hydrogens (tertiary/aromatic N) is 3. The topological polar surface area (TPSA) is 21.7 Å². The van der Waals surface area contributed by atoms with E-state index in [9.17, 15) is 0 Å². The monoisotopic (exact) mass is 276 g/mol. The first-order chi connectivity index (χ1) is 10.1. The SMILES string of the molecule is Cc1cc2c(cc1C)[n+](C)c1nc3ccccc3c-1n2C. The van der Waals surface area contributed by atoms with Crippen LogP contribution in [-0.2, 0) is 14.1 Å². The van der Waals surface area contributed by atoms with Crippen LogP contribution in [-0.4, -0.2) is 9.55 Å². The maximum Gasteiger partial charge on any atom is 0.348 e. The van der Waals surface area contributed by atoms with Crippen LogP contribution in [0.1, 0.15) is 11.1 Å². The fourth-order valence-corrected chi connectivity index (χ4v) is 3.18. The standard InChI is InChI=1S/C18H18N3/c1-11-9-15-16(10-12(11)2)21(4)18-17(20(15)3)13-7-5-6-8-14(13)19-18/h5-10H,1-4H3/q+1. The zero-order valence-electron chi connectivity index (χ0n) is 12.8. The Kier molecular flexibility index (Phi) is 2.37. The minimum absolute atomic E-state index is 1.04. The molecule has 0 radical (unpaired) electrons. The van der Waals surface area contributed by atoms with Crippen molar-refractivity contribution in [2.45, 2.75) is 13.8 Å². The van der Waals surface area contributed by atoms with Gasteiger partial charge in [0.15, 0.2) is 11.0 Å². The Hall–Kier alpha value is -2.42. The Morgan fingerprint density at radius 1 is 1.05 bits per heavy atom. The third-order valence-corrected chi connectivity index (χ3v) is 4.56. The molecule has 3 nitrogen and oxygen atoms in total. The van der Waals surface area contributed by atoms with Crippen molar-refractivity contribution in [2.75, 3.05) is 0 Å². The van der Waals surface area contributed by atoms with Crippen LogP contribution in [0.3, 0.4) is 0 Å². The Labute approximate surface area is 123 Å². The van der Waals surface area contributed by atoms with Crippen LogP contribution in [0.4, 0.5) is 0 Å². The highest BCUT2D eigenvalue weighted by atomic mass is 15.1. The van der Waals surface area contributed by atoms with Crippen molar-refractivity contribution in [3.63, 3.8) is 0 Å². The van der Waals surface area contributed by atoms with Gasteiger partial charge < -0.3 is 4.57 Å². The molecule has 104 valence electrons. The molecule has 0 fully saturated rings. The second-order valence-corrected chi connectivity index (χ2v) is 5.84. The summed E-state index contributed by atoms with van der Waals surface area (Å²) in [5.74, 6) is 1.04. The first-order valence-electron chi connectivity index (χ1n) is 7.22. The third-order valence-electron chi connectivity index (χ3n) is 4.56. The highest BCUT2D eigenvalue weighted by Crippen LogP contribution is 2.31. The number of fused-ring (bicyclic) bond motifs is 4. The number of hydrogen-bond acceptors (Lipinski definition) is 1. The molecule has 0 amide bonds. The predicted molar refractivity (Wildman–Crippen MR) is 85.5 cm³/mol. The molecule has 2 aliphatic heterocycles. The van der Waals surface area contributed by atoms with Gasteiger partial charge >= 0.3 is 5.82 Å². The van der Waals surface area contributed by atoms with Gasteiger partial charge in [0.2, 0.25) is 0 Å². The van der Waals surface area contributed by atoms with E-state index in [4.69, 9.17) is 4.98 Å². The molecule has 0 N–H and O–H groups in total. The minimum atomic E-state index is 1.04. The van der Waals surface area contributed by atoms with Crippen LogP contribution in [0, 0.1) is 13.8 Å². The quantitative estimate of drug-likeness (QED) is 0.452. The molecule has 2 aromatic carbocycles. The van der Waals surface area contributed by atoms with Crippen molar-refractivity contribution in [3.05, 3.63) is 47.5 Å². The van der Waals surface area contributed by atoms with E-state index in [2.05, 4.69) is 67.4 Å². The Bertz CT molecular complexity index is 979. The first-order valence-corrected chi connectivity index (χ1v) is 7.22. The summed E-state index contributed by atoms with van der Waals surface area (Å²) in [7, 11) is 4.23. The molecule has 2 heterocycles. The summed E-state index contributed by atoms with van der Waals surface area (Å²) in [6, 6.07) is 12.9. The van der Waals surface area contributed by atoms with E-state index in [1.54, 1.807) is 0 Å². The Morgan fingerprint density at radius 2 is 1.76 bits per heavy atom. The molecule has 21 heavy (non-hydrogen) atoms. The summed E-state index contributed by atoms with van der Waals surface area (Å²) in [6.45, 7) is 4.33. The van der Waals surface area contributed by atoms with E-state index in [-0.39, 0.29) is 0 Å². The van der Waals surface area contributed by atoms with Gasteiger partial charge in [-0.15, -0.1) is 0 Å². The zero-order valence-corrected chi connectivity index (χ0v) is 12.8. The number of aromatic nitrogens is 3. The number of rotatable bonds is 0. The minimum Gasteiger partial charge on any atom is -0.334 e. The lowest BCUT2D eigenvalue weighted by atomic mass is 10.1. The van der Waals surface area contributed by atoms with Gasteiger partial charge in [0.1, 0.15) is 5.69 Å². The molecule has 0 atom stereocenters. The van der Waals surface area contributed by atoms with Gasteiger partial charge in [-0.2, -0.15) is 0 Å². The summed E-state index contributed by atoms with van der Waals surface area (Å²) < 4.78 is 4.48. The van der Waals surface area contributed by atoms with E-state index in [1.165, 1.54) is 33.2 Å². The fraction of sp³-hybridized carbons (Fsp3) is 0.222. The molecule has 0 spiro atoms. The first kappa shape index (κ1) is 12.3. The maximum atomic E-state index is 4.82. The van der Waals surface area contributed by atoms with Crippen molar-refractivity contribution in [2.24, 2.45) is 14.1 Å². The maximum absolute atomic E-state index is 4.82. The number of aryl methyl sites for hydroxylation is 4. The van der Waals surface area contributed by atoms with Gasteiger partial charge in [0.25, 0.3) is 0 Å².